The number of nitrogens with one attached hydrogen (secondary N) is 1. The fraction of sp³-hybridized carbons (Fsp3) is 0.200. The van der Waals surface area contributed by atoms with Crippen LogP contribution in [0.2, 0.25) is 0 Å². The molecule has 3 aromatic carbocycles. The molecular formula is C30H29N3O4. The molecule has 1 saturated heterocycles. The molecular weight excluding hydrogens is 466 g/mol. The van der Waals surface area contributed by atoms with Gasteiger partial charge in [0, 0.05) is 41.4 Å². The first kappa shape index (κ1) is 24.2. The minimum absolute atomic E-state index is 0.0220. The van der Waals surface area contributed by atoms with Gasteiger partial charge in [0.15, 0.2) is 0 Å². The fourth-order valence-corrected chi connectivity index (χ4v) is 5.09. The number of phenols is 1. The monoisotopic (exact) mass is 495 g/mol. The number of carbonyl (C=O) groups excluding carboxylic acids is 2. The minimum atomic E-state index is -0.924. The van der Waals surface area contributed by atoms with Crippen molar-refractivity contribution in [1.29, 1.82) is 0 Å². The number of para-hydroxylation sites is 1. The number of aryl methyl sites for hydroxylation is 1. The molecule has 1 aliphatic heterocycles. The van der Waals surface area contributed by atoms with E-state index in [1.807, 2.05) is 55.5 Å². The van der Waals surface area contributed by atoms with E-state index >= 15 is 0 Å². The Morgan fingerprint density at radius 2 is 1.70 bits per heavy atom. The smallest absolute Gasteiger partial charge is 0.300 e. The molecule has 37 heavy (non-hydrogen) atoms. The number of aliphatic hydroxyl groups is 1. The van der Waals surface area contributed by atoms with Crippen molar-refractivity contribution in [3.8, 4) is 5.75 Å². The summed E-state index contributed by atoms with van der Waals surface area (Å²) in [6.45, 7) is 7.68. The molecule has 1 amide bonds. The zero-order valence-electron chi connectivity index (χ0n) is 21.0. The molecule has 0 bridgehead atoms. The van der Waals surface area contributed by atoms with Crippen LogP contribution in [0.25, 0.3) is 16.7 Å². The second-order valence-electron chi connectivity index (χ2n) is 9.17. The predicted octanol–water partition coefficient (Wildman–Crippen LogP) is 5.65. The second kappa shape index (κ2) is 9.50. The Bertz CT molecular complexity index is 1530. The number of nitrogens with zero attached hydrogens (tertiary/aromatic N) is 2. The highest BCUT2D eigenvalue weighted by molar-refractivity contribution is 6.52. The summed E-state index contributed by atoms with van der Waals surface area (Å²) >= 11 is 0. The summed E-state index contributed by atoms with van der Waals surface area (Å²) in [5.41, 5.74) is 3.92. The lowest BCUT2D eigenvalue weighted by Gasteiger charge is -2.27. The number of aromatic nitrogens is 1. The Hall–Kier alpha value is -4.52. The summed E-state index contributed by atoms with van der Waals surface area (Å²) in [4.78, 5) is 33.6. The molecule has 0 radical (unpaired) electrons. The van der Waals surface area contributed by atoms with Gasteiger partial charge in [-0.05, 0) is 62.2 Å². The molecule has 1 aliphatic rings. The molecule has 1 aromatic heterocycles. The van der Waals surface area contributed by atoms with Gasteiger partial charge in [-0.25, -0.2) is 0 Å². The number of anilines is 2. The molecule has 1 atom stereocenters. The van der Waals surface area contributed by atoms with E-state index < -0.39 is 17.7 Å². The van der Waals surface area contributed by atoms with Crippen molar-refractivity contribution in [2.45, 2.75) is 26.8 Å². The lowest BCUT2D eigenvalue weighted by Crippen LogP contribution is -2.29. The van der Waals surface area contributed by atoms with Gasteiger partial charge in [0.05, 0.1) is 17.3 Å². The third kappa shape index (κ3) is 4.02. The summed E-state index contributed by atoms with van der Waals surface area (Å²) in [7, 11) is 0. The van der Waals surface area contributed by atoms with E-state index in [2.05, 4.69) is 23.7 Å². The Morgan fingerprint density at radius 3 is 2.41 bits per heavy atom. The molecule has 5 rings (SSSR count). The molecule has 0 spiro atoms. The highest BCUT2D eigenvalue weighted by atomic mass is 16.3. The summed E-state index contributed by atoms with van der Waals surface area (Å²) in [6.07, 6.45) is 1.64. The molecule has 7 heteroatoms. The van der Waals surface area contributed by atoms with Gasteiger partial charge >= 0.3 is 0 Å². The van der Waals surface area contributed by atoms with Crippen molar-refractivity contribution in [3.05, 3.63) is 95.2 Å². The Labute approximate surface area is 215 Å². The van der Waals surface area contributed by atoms with Crippen LogP contribution < -0.4 is 9.80 Å². The van der Waals surface area contributed by atoms with Crippen LogP contribution in [0.4, 0.5) is 11.4 Å². The summed E-state index contributed by atoms with van der Waals surface area (Å²) < 4.78 is 0. The number of aliphatic hydroxyl groups excluding tert-OH is 1. The maximum atomic E-state index is 13.5. The highest BCUT2D eigenvalue weighted by Gasteiger charge is 2.48. The zero-order valence-corrected chi connectivity index (χ0v) is 21.0. The highest BCUT2D eigenvalue weighted by Crippen LogP contribution is 2.45. The van der Waals surface area contributed by atoms with Crippen molar-refractivity contribution < 1.29 is 19.8 Å². The van der Waals surface area contributed by atoms with Crippen LogP contribution in [-0.4, -0.2) is 40.0 Å². The molecule has 2 heterocycles. The maximum absolute atomic E-state index is 13.5. The largest absolute Gasteiger partial charge is 0.507 e. The van der Waals surface area contributed by atoms with Crippen LogP contribution in [-0.2, 0) is 9.59 Å². The number of rotatable bonds is 6. The first-order chi connectivity index (χ1) is 17.8. The fourth-order valence-electron chi connectivity index (χ4n) is 5.09. The lowest BCUT2D eigenvalue weighted by atomic mass is 9.94. The van der Waals surface area contributed by atoms with Crippen LogP contribution >= 0.6 is 0 Å². The molecule has 3 N–H and O–H groups in total. The summed E-state index contributed by atoms with van der Waals surface area (Å²) in [6, 6.07) is 19.1. The number of fused-ring (bicyclic) bond motifs is 1. The molecule has 7 nitrogen and oxygen atoms in total. The van der Waals surface area contributed by atoms with Crippen molar-refractivity contribution >= 4 is 39.7 Å². The van der Waals surface area contributed by atoms with E-state index in [0.29, 0.717) is 11.1 Å². The summed E-state index contributed by atoms with van der Waals surface area (Å²) in [5.74, 6) is -1.99. The van der Waals surface area contributed by atoms with Gasteiger partial charge < -0.3 is 20.1 Å². The van der Waals surface area contributed by atoms with Crippen LogP contribution in [0, 0.1) is 6.92 Å². The topological polar surface area (TPSA) is 96.9 Å². The molecule has 1 unspecified atom stereocenters. The molecule has 4 aromatic rings. The first-order valence-electron chi connectivity index (χ1n) is 12.4. The van der Waals surface area contributed by atoms with Crippen molar-refractivity contribution in [1.82, 2.24) is 4.98 Å². The third-order valence-electron chi connectivity index (χ3n) is 7.02. The molecule has 188 valence electrons. The quantitative estimate of drug-likeness (QED) is 0.182. The van der Waals surface area contributed by atoms with Gasteiger partial charge in [0.25, 0.3) is 11.7 Å². The van der Waals surface area contributed by atoms with E-state index in [9.17, 15) is 19.8 Å². The van der Waals surface area contributed by atoms with E-state index in [4.69, 9.17) is 0 Å². The first-order valence-corrected chi connectivity index (χ1v) is 12.4. The number of aromatic amines is 1. The number of Topliss-reactive ketones (excluding diaryl/α,β-unsaturated/α-hetero) is 1. The number of hydrogen-bond acceptors (Lipinski definition) is 5. The normalized spacial score (nSPS) is 17.1. The van der Waals surface area contributed by atoms with Gasteiger partial charge in [-0.3, -0.25) is 14.5 Å². The average molecular weight is 496 g/mol. The number of carbonyl (C=O) groups is 2. The van der Waals surface area contributed by atoms with Crippen molar-refractivity contribution in [2.24, 2.45) is 0 Å². The van der Waals surface area contributed by atoms with Gasteiger partial charge in [0.1, 0.15) is 11.5 Å². The summed E-state index contributed by atoms with van der Waals surface area (Å²) in [5, 5.41) is 23.0. The van der Waals surface area contributed by atoms with Crippen LogP contribution in [0.15, 0.2) is 78.5 Å². The Balaban J connectivity index is 1.73. The standard InChI is InChI=1S/C30H29N3O4/c1-4-32(5-2)20-13-11-19(12-14-20)27-26(28(35)22-17-31-23-9-7-6-8-21(22)23)29(36)30(37)33(27)24-16-18(3)10-15-25(24)34/h6-17,27,31,34-35H,4-5H2,1-3H3/b28-26-. The predicted molar refractivity (Wildman–Crippen MR) is 146 cm³/mol. The van der Waals surface area contributed by atoms with Gasteiger partial charge in [-0.2, -0.15) is 0 Å². The number of ketones is 1. The molecule has 1 fully saturated rings. The van der Waals surface area contributed by atoms with Crippen molar-refractivity contribution in [3.63, 3.8) is 0 Å². The van der Waals surface area contributed by atoms with E-state index in [1.165, 1.54) is 11.0 Å². The van der Waals surface area contributed by atoms with E-state index in [-0.39, 0.29) is 22.8 Å². The maximum Gasteiger partial charge on any atom is 0.300 e. The second-order valence-corrected chi connectivity index (χ2v) is 9.17. The van der Waals surface area contributed by atoms with Crippen LogP contribution in [0.3, 0.4) is 0 Å². The van der Waals surface area contributed by atoms with E-state index in [0.717, 1.165) is 35.2 Å². The lowest BCUT2D eigenvalue weighted by molar-refractivity contribution is -0.132. The van der Waals surface area contributed by atoms with Crippen LogP contribution in [0.1, 0.15) is 36.6 Å². The number of amides is 1. The molecule has 0 saturated carbocycles. The molecule has 0 aliphatic carbocycles. The number of aromatic hydroxyl groups is 1. The minimum Gasteiger partial charge on any atom is -0.507 e. The average Bonchev–Trinajstić information content (AvgIpc) is 3.45. The Kier molecular flexibility index (Phi) is 6.21. The Morgan fingerprint density at radius 1 is 1.00 bits per heavy atom. The third-order valence-corrected chi connectivity index (χ3v) is 7.02. The SMILES string of the molecule is CCN(CC)c1ccc(C2/C(=C(/O)c3c[nH]c4ccccc34)C(=O)C(=O)N2c2cc(C)ccc2O)cc1. The van der Waals surface area contributed by atoms with Crippen LogP contribution in [0.5, 0.6) is 5.75 Å². The van der Waals surface area contributed by atoms with Crippen molar-refractivity contribution in [2.75, 3.05) is 22.9 Å². The number of phenolic OH excluding ortho intramolecular Hbond substituents is 1. The number of hydrogen-bond donors (Lipinski definition) is 3. The number of H-pyrrole nitrogens is 1. The zero-order chi connectivity index (χ0) is 26.3. The van der Waals surface area contributed by atoms with Gasteiger partial charge in [0.2, 0.25) is 0 Å². The number of benzene rings is 3. The van der Waals surface area contributed by atoms with Gasteiger partial charge in [-0.1, -0.05) is 36.4 Å². The van der Waals surface area contributed by atoms with E-state index in [1.54, 1.807) is 18.3 Å². The van der Waals surface area contributed by atoms with Gasteiger partial charge in [-0.15, -0.1) is 0 Å².